The average Bonchev–Trinajstić information content (AvgIpc) is 2.40. The van der Waals surface area contributed by atoms with Crippen LogP contribution in [0.4, 0.5) is 0 Å². The van der Waals surface area contributed by atoms with Crippen LogP contribution in [0.2, 0.25) is 0 Å². The van der Waals surface area contributed by atoms with Crippen LogP contribution in [0.3, 0.4) is 0 Å². The molecule has 0 bridgehead atoms. The topological polar surface area (TPSA) is 12.0 Å². The maximum absolute atomic E-state index is 3.72. The highest BCUT2D eigenvalue weighted by atomic mass is 14.9. The van der Waals surface area contributed by atoms with Crippen molar-refractivity contribution in [1.29, 1.82) is 0 Å². The lowest BCUT2D eigenvalue weighted by Crippen LogP contribution is -2.37. The molecule has 126 valence electrons. The van der Waals surface area contributed by atoms with Gasteiger partial charge in [0, 0.05) is 0 Å². The van der Waals surface area contributed by atoms with Gasteiger partial charge in [-0.15, -0.1) is 0 Å². The van der Waals surface area contributed by atoms with Crippen molar-refractivity contribution in [1.82, 2.24) is 5.32 Å². The summed E-state index contributed by atoms with van der Waals surface area (Å²) in [6.07, 6.45) is 12.9. The molecule has 2 atom stereocenters. The Morgan fingerprint density at radius 1 is 1.05 bits per heavy atom. The maximum atomic E-state index is 3.72. The van der Waals surface area contributed by atoms with E-state index in [2.05, 4.69) is 39.9 Å². The molecule has 1 rings (SSSR count). The van der Waals surface area contributed by atoms with Gasteiger partial charge >= 0.3 is 0 Å². The van der Waals surface area contributed by atoms with Crippen LogP contribution in [0.15, 0.2) is 0 Å². The Hall–Kier alpha value is -0.0400. The third-order valence-corrected chi connectivity index (χ3v) is 5.31. The van der Waals surface area contributed by atoms with Crippen LogP contribution in [-0.4, -0.2) is 13.1 Å². The standard InChI is InChI=1S/C20H41N/c1-6-7-8-9-10-11-18-14-20(4,5)13-12-19(18)16-21-15-17(2)3/h17-19,21H,6-16H2,1-5H3. The first kappa shape index (κ1) is 19.0. The number of hydrogen-bond acceptors (Lipinski definition) is 1. The van der Waals surface area contributed by atoms with Gasteiger partial charge in [-0.3, -0.25) is 0 Å². The Labute approximate surface area is 134 Å². The second-order valence-electron chi connectivity index (χ2n) is 8.68. The summed E-state index contributed by atoms with van der Waals surface area (Å²) in [4.78, 5) is 0. The largest absolute Gasteiger partial charge is 0.316 e. The second-order valence-corrected chi connectivity index (χ2v) is 8.68. The average molecular weight is 296 g/mol. The van der Waals surface area contributed by atoms with Crippen molar-refractivity contribution in [3.8, 4) is 0 Å². The molecule has 0 aromatic carbocycles. The third-order valence-electron chi connectivity index (χ3n) is 5.31. The van der Waals surface area contributed by atoms with Crippen molar-refractivity contribution in [3.63, 3.8) is 0 Å². The summed E-state index contributed by atoms with van der Waals surface area (Å²) in [5, 5.41) is 3.72. The van der Waals surface area contributed by atoms with E-state index in [0.717, 1.165) is 17.8 Å². The molecule has 21 heavy (non-hydrogen) atoms. The molecule has 0 spiro atoms. The Morgan fingerprint density at radius 2 is 1.76 bits per heavy atom. The third kappa shape index (κ3) is 8.24. The smallest absolute Gasteiger partial charge is 0.00177 e. The van der Waals surface area contributed by atoms with Gasteiger partial charge in [-0.2, -0.15) is 0 Å². The maximum Gasteiger partial charge on any atom is -0.00177 e. The van der Waals surface area contributed by atoms with Crippen LogP contribution < -0.4 is 5.32 Å². The van der Waals surface area contributed by atoms with Crippen LogP contribution >= 0.6 is 0 Å². The van der Waals surface area contributed by atoms with Crippen molar-refractivity contribution in [2.24, 2.45) is 23.2 Å². The summed E-state index contributed by atoms with van der Waals surface area (Å²) in [6.45, 7) is 14.3. The van der Waals surface area contributed by atoms with Gasteiger partial charge in [0.2, 0.25) is 0 Å². The molecular weight excluding hydrogens is 254 g/mol. The van der Waals surface area contributed by atoms with Gasteiger partial charge in [0.15, 0.2) is 0 Å². The van der Waals surface area contributed by atoms with Crippen LogP contribution in [0.25, 0.3) is 0 Å². The number of rotatable bonds is 10. The molecular formula is C20H41N. The van der Waals surface area contributed by atoms with Crippen LogP contribution in [0.1, 0.15) is 92.4 Å². The lowest BCUT2D eigenvalue weighted by molar-refractivity contribution is 0.107. The quantitative estimate of drug-likeness (QED) is 0.485. The van der Waals surface area contributed by atoms with Crippen LogP contribution in [0, 0.1) is 23.2 Å². The molecule has 1 nitrogen and oxygen atoms in total. The molecule has 1 aliphatic carbocycles. The number of hydrogen-bond donors (Lipinski definition) is 1. The van der Waals surface area contributed by atoms with E-state index in [0.29, 0.717) is 5.41 Å². The molecule has 1 saturated carbocycles. The highest BCUT2D eigenvalue weighted by molar-refractivity contribution is 4.86. The molecule has 1 fully saturated rings. The van der Waals surface area contributed by atoms with Crippen LogP contribution in [0.5, 0.6) is 0 Å². The van der Waals surface area contributed by atoms with Gasteiger partial charge in [0.1, 0.15) is 0 Å². The van der Waals surface area contributed by atoms with E-state index >= 15 is 0 Å². The number of nitrogens with one attached hydrogen (secondary N) is 1. The van der Waals surface area contributed by atoms with Crippen molar-refractivity contribution < 1.29 is 0 Å². The van der Waals surface area contributed by atoms with E-state index in [1.54, 1.807) is 0 Å². The molecule has 0 aliphatic heterocycles. The summed E-state index contributed by atoms with van der Waals surface area (Å²) in [6, 6.07) is 0. The van der Waals surface area contributed by atoms with Gasteiger partial charge < -0.3 is 5.32 Å². The molecule has 0 saturated heterocycles. The molecule has 2 unspecified atom stereocenters. The van der Waals surface area contributed by atoms with E-state index in [1.807, 2.05) is 0 Å². The predicted molar refractivity (Wildman–Crippen MR) is 95.7 cm³/mol. The zero-order valence-corrected chi connectivity index (χ0v) is 15.5. The second kappa shape index (κ2) is 9.87. The zero-order chi connectivity index (χ0) is 15.7. The van der Waals surface area contributed by atoms with Crippen molar-refractivity contribution >= 4 is 0 Å². The minimum atomic E-state index is 0.586. The zero-order valence-electron chi connectivity index (χ0n) is 15.5. The summed E-state index contributed by atoms with van der Waals surface area (Å²) >= 11 is 0. The van der Waals surface area contributed by atoms with Gasteiger partial charge in [-0.25, -0.2) is 0 Å². The first-order valence-corrected chi connectivity index (χ1v) is 9.65. The SMILES string of the molecule is CCCCCCCC1CC(C)(C)CCC1CNCC(C)C. The Morgan fingerprint density at radius 3 is 2.43 bits per heavy atom. The lowest BCUT2D eigenvalue weighted by atomic mass is 9.66. The van der Waals surface area contributed by atoms with E-state index < -0.39 is 0 Å². The monoisotopic (exact) mass is 295 g/mol. The van der Waals surface area contributed by atoms with E-state index in [1.165, 1.54) is 70.9 Å². The van der Waals surface area contributed by atoms with Gasteiger partial charge in [-0.1, -0.05) is 73.1 Å². The van der Waals surface area contributed by atoms with Crippen molar-refractivity contribution in [3.05, 3.63) is 0 Å². The Balaban J connectivity index is 2.35. The summed E-state index contributed by atoms with van der Waals surface area (Å²) < 4.78 is 0. The minimum absolute atomic E-state index is 0.586. The van der Waals surface area contributed by atoms with Crippen molar-refractivity contribution in [2.45, 2.75) is 92.4 Å². The molecule has 1 heteroatoms. The van der Waals surface area contributed by atoms with Gasteiger partial charge in [0.25, 0.3) is 0 Å². The molecule has 1 N–H and O–H groups in total. The Bertz CT molecular complexity index is 257. The van der Waals surface area contributed by atoms with E-state index in [9.17, 15) is 0 Å². The fourth-order valence-corrected chi connectivity index (χ4v) is 3.96. The van der Waals surface area contributed by atoms with E-state index in [-0.39, 0.29) is 0 Å². The minimum Gasteiger partial charge on any atom is -0.316 e. The molecule has 0 aromatic rings. The highest BCUT2D eigenvalue weighted by Crippen LogP contribution is 2.43. The summed E-state index contributed by atoms with van der Waals surface area (Å²) in [5.74, 6) is 2.68. The fraction of sp³-hybridized carbons (Fsp3) is 1.00. The molecule has 0 amide bonds. The number of unbranched alkanes of at least 4 members (excludes halogenated alkanes) is 4. The molecule has 1 aliphatic rings. The van der Waals surface area contributed by atoms with Crippen LogP contribution in [-0.2, 0) is 0 Å². The van der Waals surface area contributed by atoms with Crippen molar-refractivity contribution in [2.75, 3.05) is 13.1 Å². The first-order chi connectivity index (χ1) is 9.94. The predicted octanol–water partition coefficient (Wildman–Crippen LogP) is 6.04. The fourth-order valence-electron chi connectivity index (χ4n) is 3.96. The van der Waals surface area contributed by atoms with Gasteiger partial charge in [0.05, 0.1) is 0 Å². The molecule has 0 heterocycles. The lowest BCUT2D eigenvalue weighted by Gasteiger charge is -2.41. The summed E-state index contributed by atoms with van der Waals surface area (Å²) in [7, 11) is 0. The van der Waals surface area contributed by atoms with Gasteiger partial charge in [-0.05, 0) is 55.5 Å². The van der Waals surface area contributed by atoms with E-state index in [4.69, 9.17) is 0 Å². The first-order valence-electron chi connectivity index (χ1n) is 9.65. The highest BCUT2D eigenvalue weighted by Gasteiger charge is 2.34. The molecule has 0 aromatic heterocycles. The normalized spacial score (nSPS) is 25.4. The Kier molecular flexibility index (Phi) is 8.94. The summed E-state index contributed by atoms with van der Waals surface area (Å²) in [5.41, 5.74) is 0.586. The molecule has 0 radical (unpaired) electrons.